The summed E-state index contributed by atoms with van der Waals surface area (Å²) in [6.45, 7) is 8.33. The number of ether oxygens (including phenoxy) is 2. The quantitative estimate of drug-likeness (QED) is 0.550. The SMILES string of the molecule is CCOC(C)c1ccc(C(=O)Nc2cccc(Oc3ccccc3C)c2)c(C)n1. The van der Waals surface area contributed by atoms with E-state index in [1.165, 1.54) is 0 Å². The minimum atomic E-state index is -0.210. The number of aromatic nitrogens is 1. The van der Waals surface area contributed by atoms with Gasteiger partial charge in [-0.05, 0) is 63.6 Å². The largest absolute Gasteiger partial charge is 0.457 e. The maximum Gasteiger partial charge on any atom is 0.257 e. The van der Waals surface area contributed by atoms with Crippen LogP contribution in [0.3, 0.4) is 0 Å². The molecule has 0 fully saturated rings. The van der Waals surface area contributed by atoms with Gasteiger partial charge in [0.25, 0.3) is 5.91 Å². The molecule has 5 nitrogen and oxygen atoms in total. The van der Waals surface area contributed by atoms with E-state index >= 15 is 0 Å². The van der Waals surface area contributed by atoms with Crippen molar-refractivity contribution in [1.29, 1.82) is 0 Å². The standard InChI is InChI=1S/C24H26N2O3/c1-5-28-18(4)22-14-13-21(17(3)25-22)24(27)26-19-10-8-11-20(15-19)29-23-12-7-6-9-16(23)2/h6-15,18H,5H2,1-4H3,(H,26,27). The molecule has 0 aliphatic carbocycles. The lowest BCUT2D eigenvalue weighted by Crippen LogP contribution is -2.15. The van der Waals surface area contributed by atoms with Gasteiger partial charge in [-0.1, -0.05) is 24.3 Å². The summed E-state index contributed by atoms with van der Waals surface area (Å²) in [5.41, 5.74) is 3.72. The fraction of sp³-hybridized carbons (Fsp3) is 0.250. The maximum atomic E-state index is 12.7. The first-order valence-electron chi connectivity index (χ1n) is 9.72. The Hall–Kier alpha value is -3.18. The summed E-state index contributed by atoms with van der Waals surface area (Å²) in [5, 5.41) is 2.92. The van der Waals surface area contributed by atoms with Gasteiger partial charge in [0, 0.05) is 18.4 Å². The summed E-state index contributed by atoms with van der Waals surface area (Å²) in [7, 11) is 0. The minimum absolute atomic E-state index is 0.105. The highest BCUT2D eigenvalue weighted by molar-refractivity contribution is 6.05. The number of anilines is 1. The lowest BCUT2D eigenvalue weighted by Gasteiger charge is -2.14. The molecule has 1 heterocycles. The molecule has 1 unspecified atom stereocenters. The summed E-state index contributed by atoms with van der Waals surface area (Å²) < 4.78 is 11.5. The van der Waals surface area contributed by atoms with Gasteiger partial charge in [-0.3, -0.25) is 9.78 Å². The summed E-state index contributed by atoms with van der Waals surface area (Å²) >= 11 is 0. The van der Waals surface area contributed by atoms with Crippen LogP contribution < -0.4 is 10.1 Å². The lowest BCUT2D eigenvalue weighted by atomic mass is 10.1. The predicted octanol–water partition coefficient (Wildman–Crippen LogP) is 5.84. The number of nitrogens with one attached hydrogen (secondary N) is 1. The topological polar surface area (TPSA) is 60.5 Å². The highest BCUT2D eigenvalue weighted by Gasteiger charge is 2.14. The number of aryl methyl sites for hydroxylation is 2. The third kappa shape index (κ3) is 5.21. The first-order valence-corrected chi connectivity index (χ1v) is 9.72. The Morgan fingerprint density at radius 1 is 1.07 bits per heavy atom. The van der Waals surface area contributed by atoms with Gasteiger partial charge in [0.05, 0.1) is 23.1 Å². The normalized spacial score (nSPS) is 11.7. The van der Waals surface area contributed by atoms with Crippen LogP contribution in [0.2, 0.25) is 0 Å². The number of rotatable bonds is 7. The maximum absolute atomic E-state index is 12.7. The summed E-state index contributed by atoms with van der Waals surface area (Å²) in [5.74, 6) is 1.24. The van der Waals surface area contributed by atoms with Crippen molar-refractivity contribution >= 4 is 11.6 Å². The van der Waals surface area contributed by atoms with Crippen molar-refractivity contribution < 1.29 is 14.3 Å². The first-order chi connectivity index (χ1) is 14.0. The van der Waals surface area contributed by atoms with Crippen molar-refractivity contribution in [3.8, 4) is 11.5 Å². The fourth-order valence-corrected chi connectivity index (χ4v) is 3.02. The number of pyridine rings is 1. The molecule has 2 aromatic carbocycles. The van der Waals surface area contributed by atoms with Gasteiger partial charge in [0.2, 0.25) is 0 Å². The highest BCUT2D eigenvalue weighted by atomic mass is 16.5. The van der Waals surface area contributed by atoms with Crippen molar-refractivity contribution in [2.24, 2.45) is 0 Å². The van der Waals surface area contributed by atoms with E-state index < -0.39 is 0 Å². The van der Waals surface area contributed by atoms with E-state index in [0.29, 0.717) is 29.3 Å². The summed E-state index contributed by atoms with van der Waals surface area (Å²) in [4.78, 5) is 17.3. The van der Waals surface area contributed by atoms with Crippen LogP contribution in [0.25, 0.3) is 0 Å². The molecule has 0 saturated carbocycles. The molecule has 0 bridgehead atoms. The molecule has 29 heavy (non-hydrogen) atoms. The molecule has 0 saturated heterocycles. The van der Waals surface area contributed by atoms with E-state index in [0.717, 1.165) is 17.0 Å². The second kappa shape index (κ2) is 9.34. The van der Waals surface area contributed by atoms with Crippen molar-refractivity contribution in [3.63, 3.8) is 0 Å². The molecule has 0 aliphatic rings. The Kier molecular flexibility index (Phi) is 6.62. The van der Waals surface area contributed by atoms with E-state index in [1.54, 1.807) is 12.1 Å². The Morgan fingerprint density at radius 3 is 2.59 bits per heavy atom. The van der Waals surface area contributed by atoms with E-state index in [2.05, 4.69) is 10.3 Å². The van der Waals surface area contributed by atoms with E-state index in [9.17, 15) is 4.79 Å². The van der Waals surface area contributed by atoms with Crippen LogP contribution >= 0.6 is 0 Å². The van der Waals surface area contributed by atoms with Crippen LogP contribution in [-0.2, 0) is 4.74 Å². The molecular formula is C24H26N2O3. The van der Waals surface area contributed by atoms with Crippen molar-refractivity contribution in [3.05, 3.63) is 83.2 Å². The Bertz CT molecular complexity index is 1000. The molecule has 1 atom stereocenters. The molecule has 5 heteroatoms. The van der Waals surface area contributed by atoms with Crippen LogP contribution in [0.1, 0.15) is 47.3 Å². The molecule has 1 aromatic heterocycles. The lowest BCUT2D eigenvalue weighted by molar-refractivity contribution is 0.0732. The number of carbonyl (C=O) groups excluding carboxylic acids is 1. The number of amides is 1. The zero-order valence-electron chi connectivity index (χ0n) is 17.2. The highest BCUT2D eigenvalue weighted by Crippen LogP contribution is 2.27. The molecule has 0 spiro atoms. The van der Waals surface area contributed by atoms with Crippen molar-refractivity contribution in [2.75, 3.05) is 11.9 Å². The van der Waals surface area contributed by atoms with Crippen LogP contribution in [-0.4, -0.2) is 17.5 Å². The van der Waals surface area contributed by atoms with E-state index in [-0.39, 0.29) is 12.0 Å². The number of hydrogen-bond acceptors (Lipinski definition) is 4. The number of benzene rings is 2. The van der Waals surface area contributed by atoms with Crippen LogP contribution in [0, 0.1) is 13.8 Å². The van der Waals surface area contributed by atoms with Gasteiger partial charge in [-0.25, -0.2) is 0 Å². The second-order valence-corrected chi connectivity index (χ2v) is 6.82. The van der Waals surface area contributed by atoms with Crippen LogP contribution in [0.4, 0.5) is 5.69 Å². The molecule has 0 aliphatic heterocycles. The molecule has 0 radical (unpaired) electrons. The summed E-state index contributed by atoms with van der Waals surface area (Å²) in [6, 6.07) is 18.8. The monoisotopic (exact) mass is 390 g/mol. The number of carbonyl (C=O) groups is 1. The van der Waals surface area contributed by atoms with E-state index in [1.807, 2.05) is 76.2 Å². The third-order valence-electron chi connectivity index (χ3n) is 4.60. The Balaban J connectivity index is 1.73. The van der Waals surface area contributed by atoms with Gasteiger partial charge in [0.1, 0.15) is 11.5 Å². The molecule has 3 rings (SSSR count). The average molecular weight is 390 g/mol. The molecule has 1 amide bonds. The zero-order valence-corrected chi connectivity index (χ0v) is 17.2. The van der Waals surface area contributed by atoms with Gasteiger partial charge in [0.15, 0.2) is 0 Å². The van der Waals surface area contributed by atoms with Gasteiger partial charge >= 0.3 is 0 Å². The number of para-hydroxylation sites is 1. The molecular weight excluding hydrogens is 364 g/mol. The van der Waals surface area contributed by atoms with Gasteiger partial charge in [-0.15, -0.1) is 0 Å². The molecule has 1 N–H and O–H groups in total. The number of hydrogen-bond donors (Lipinski definition) is 1. The zero-order chi connectivity index (χ0) is 20.8. The Labute approximate surface area is 171 Å². The predicted molar refractivity (Wildman–Crippen MR) is 115 cm³/mol. The molecule has 3 aromatic rings. The third-order valence-corrected chi connectivity index (χ3v) is 4.60. The van der Waals surface area contributed by atoms with E-state index in [4.69, 9.17) is 9.47 Å². The fourth-order valence-electron chi connectivity index (χ4n) is 3.02. The smallest absolute Gasteiger partial charge is 0.257 e. The van der Waals surface area contributed by atoms with Crippen molar-refractivity contribution in [2.45, 2.75) is 33.8 Å². The average Bonchev–Trinajstić information content (AvgIpc) is 2.70. The summed E-state index contributed by atoms with van der Waals surface area (Å²) in [6.07, 6.45) is -0.105. The number of nitrogens with zero attached hydrogens (tertiary/aromatic N) is 1. The second-order valence-electron chi connectivity index (χ2n) is 6.82. The Morgan fingerprint density at radius 2 is 1.86 bits per heavy atom. The van der Waals surface area contributed by atoms with Gasteiger partial charge in [-0.2, -0.15) is 0 Å². The minimum Gasteiger partial charge on any atom is -0.457 e. The van der Waals surface area contributed by atoms with Crippen molar-refractivity contribution in [1.82, 2.24) is 4.98 Å². The van der Waals surface area contributed by atoms with Gasteiger partial charge < -0.3 is 14.8 Å². The van der Waals surface area contributed by atoms with Crippen LogP contribution in [0.15, 0.2) is 60.7 Å². The van der Waals surface area contributed by atoms with Crippen LogP contribution in [0.5, 0.6) is 11.5 Å². The first kappa shape index (κ1) is 20.6. The molecule has 150 valence electrons.